The number of carbonyl (C=O) groups is 1. The van der Waals surface area contributed by atoms with Crippen LogP contribution in [0.2, 0.25) is 0 Å². The molecular weight excluding hydrogens is 298 g/mol. The maximum absolute atomic E-state index is 11.4. The highest BCUT2D eigenvalue weighted by Gasteiger charge is 2.26. The third-order valence-corrected chi connectivity index (χ3v) is 3.76. The van der Waals surface area contributed by atoms with Gasteiger partial charge in [-0.05, 0) is 18.6 Å². The monoisotopic (exact) mass is 315 g/mol. The van der Waals surface area contributed by atoms with Crippen LogP contribution in [0.3, 0.4) is 0 Å². The third kappa shape index (κ3) is 3.66. The molecule has 6 heteroatoms. The molecule has 0 unspecified atom stereocenters. The Hall–Kier alpha value is -2.89. The molecule has 2 aromatic carbocycles. The quantitative estimate of drug-likeness (QED) is 0.645. The zero-order valence-corrected chi connectivity index (χ0v) is 12.8. The number of nitro groups is 1. The van der Waals surface area contributed by atoms with Crippen LogP contribution in [0.4, 0.5) is 5.69 Å². The molecule has 23 heavy (non-hydrogen) atoms. The van der Waals surface area contributed by atoms with Crippen LogP contribution in [0, 0.1) is 10.1 Å². The van der Waals surface area contributed by atoms with E-state index in [-0.39, 0.29) is 17.8 Å². The lowest BCUT2D eigenvalue weighted by molar-refractivity contribution is -0.385. The van der Waals surface area contributed by atoms with E-state index in [0.717, 1.165) is 11.6 Å². The van der Waals surface area contributed by atoms with E-state index in [1.165, 1.54) is 12.1 Å². The van der Waals surface area contributed by atoms with Gasteiger partial charge in [0, 0.05) is 12.0 Å². The van der Waals surface area contributed by atoms with Gasteiger partial charge in [0.25, 0.3) is 5.69 Å². The third-order valence-electron chi connectivity index (χ3n) is 3.76. The molecule has 0 bridgehead atoms. The van der Waals surface area contributed by atoms with Gasteiger partial charge in [-0.1, -0.05) is 43.3 Å². The lowest BCUT2D eigenvalue weighted by Gasteiger charge is -2.22. The zero-order valence-electron chi connectivity index (χ0n) is 12.8. The van der Waals surface area contributed by atoms with Gasteiger partial charge in [-0.2, -0.15) is 0 Å². The highest BCUT2D eigenvalue weighted by Crippen LogP contribution is 2.31. The first-order valence-corrected chi connectivity index (χ1v) is 7.14. The average molecular weight is 315 g/mol. The number of nitro benzene ring substituents is 1. The van der Waals surface area contributed by atoms with E-state index >= 15 is 0 Å². The Bertz CT molecular complexity index is 714. The minimum absolute atomic E-state index is 0.00183. The van der Waals surface area contributed by atoms with Gasteiger partial charge in [0.2, 0.25) is 0 Å². The summed E-state index contributed by atoms with van der Waals surface area (Å²) in [5.74, 6) is -1.38. The fourth-order valence-corrected chi connectivity index (χ4v) is 2.31. The van der Waals surface area contributed by atoms with Gasteiger partial charge in [0.1, 0.15) is 11.9 Å². The molecule has 0 saturated carbocycles. The maximum atomic E-state index is 11.4. The molecule has 0 aliphatic rings. The second-order valence-electron chi connectivity index (χ2n) is 5.23. The first-order chi connectivity index (χ1) is 10.9. The summed E-state index contributed by atoms with van der Waals surface area (Å²) in [4.78, 5) is 21.7. The van der Waals surface area contributed by atoms with Crippen LogP contribution in [0.15, 0.2) is 48.5 Å². The molecule has 1 N–H and O–H groups in total. The molecule has 0 aromatic heterocycles. The topological polar surface area (TPSA) is 89.7 Å². The molecule has 0 saturated heterocycles. The number of rotatable bonds is 6. The maximum Gasteiger partial charge on any atom is 0.346 e. The van der Waals surface area contributed by atoms with Crippen molar-refractivity contribution in [1.29, 1.82) is 0 Å². The van der Waals surface area contributed by atoms with E-state index in [0.29, 0.717) is 0 Å². The lowest BCUT2D eigenvalue weighted by atomic mass is 9.96. The fourth-order valence-electron chi connectivity index (χ4n) is 2.31. The molecule has 6 nitrogen and oxygen atoms in total. The lowest BCUT2D eigenvalue weighted by Crippen LogP contribution is -2.21. The summed E-state index contributed by atoms with van der Waals surface area (Å²) >= 11 is 0. The zero-order chi connectivity index (χ0) is 17.0. The average Bonchev–Trinajstić information content (AvgIpc) is 2.54. The Labute approximate surface area is 133 Å². The number of carboxylic acid groups (broad SMARTS) is 1. The van der Waals surface area contributed by atoms with Gasteiger partial charge in [-0.25, -0.2) is 4.79 Å². The van der Waals surface area contributed by atoms with Crippen LogP contribution < -0.4 is 4.74 Å². The summed E-state index contributed by atoms with van der Waals surface area (Å²) in [6.45, 7) is 3.76. The van der Waals surface area contributed by atoms with Crippen molar-refractivity contribution in [3.63, 3.8) is 0 Å². The molecule has 0 fully saturated rings. The van der Waals surface area contributed by atoms with Gasteiger partial charge in [0.05, 0.1) is 4.92 Å². The number of ether oxygens (including phenoxy) is 1. The van der Waals surface area contributed by atoms with Crippen molar-refractivity contribution in [2.24, 2.45) is 0 Å². The molecule has 2 atom stereocenters. The van der Waals surface area contributed by atoms with E-state index < -0.39 is 22.1 Å². The van der Waals surface area contributed by atoms with Crippen LogP contribution >= 0.6 is 0 Å². The number of aromatic carboxylic acids is 1. The van der Waals surface area contributed by atoms with Crippen LogP contribution in [-0.2, 0) is 0 Å². The smallest absolute Gasteiger partial charge is 0.346 e. The molecule has 0 heterocycles. The van der Waals surface area contributed by atoms with Gasteiger partial charge in [-0.15, -0.1) is 0 Å². The Morgan fingerprint density at radius 1 is 1.13 bits per heavy atom. The number of hydrogen-bond acceptors (Lipinski definition) is 4. The van der Waals surface area contributed by atoms with E-state index in [2.05, 4.69) is 0 Å². The highest BCUT2D eigenvalue weighted by atomic mass is 16.6. The standard InChI is InChI=1S/C17H17NO5/c1-11(13-7-4-3-5-8-13)12(2)23-15-10-6-9-14(18(21)22)16(15)17(19)20/h3-12H,1-2H3,(H,19,20)/t11-,12-/m1/s1. The molecule has 120 valence electrons. The summed E-state index contributed by atoms with van der Waals surface area (Å²) in [5, 5.41) is 20.3. The van der Waals surface area contributed by atoms with Crippen LogP contribution in [0.5, 0.6) is 5.75 Å². The minimum Gasteiger partial charge on any atom is -0.489 e. The van der Waals surface area contributed by atoms with E-state index in [1.54, 1.807) is 0 Å². The fraction of sp³-hybridized carbons (Fsp3) is 0.235. The molecule has 0 amide bonds. The molecule has 0 radical (unpaired) electrons. The number of hydrogen-bond donors (Lipinski definition) is 1. The Balaban J connectivity index is 2.31. The summed E-state index contributed by atoms with van der Waals surface area (Å²) < 4.78 is 5.73. The normalized spacial score (nSPS) is 13.1. The Morgan fingerprint density at radius 2 is 1.78 bits per heavy atom. The Kier molecular flexibility index (Phi) is 4.95. The number of nitrogens with zero attached hydrogens (tertiary/aromatic N) is 1. The van der Waals surface area contributed by atoms with Crippen molar-refractivity contribution < 1.29 is 19.6 Å². The molecule has 0 spiro atoms. The molecule has 2 rings (SSSR count). The van der Waals surface area contributed by atoms with Crippen LogP contribution in [-0.4, -0.2) is 22.1 Å². The summed E-state index contributed by atoms with van der Waals surface area (Å²) in [6.07, 6.45) is -0.350. The number of benzene rings is 2. The van der Waals surface area contributed by atoms with E-state index in [4.69, 9.17) is 4.74 Å². The van der Waals surface area contributed by atoms with Crippen LogP contribution in [0.1, 0.15) is 35.7 Å². The van der Waals surface area contributed by atoms with Crippen molar-refractivity contribution in [3.8, 4) is 5.75 Å². The van der Waals surface area contributed by atoms with Crippen LogP contribution in [0.25, 0.3) is 0 Å². The first-order valence-electron chi connectivity index (χ1n) is 7.14. The van der Waals surface area contributed by atoms with Gasteiger partial charge in [-0.3, -0.25) is 10.1 Å². The largest absolute Gasteiger partial charge is 0.489 e. The SMILES string of the molecule is C[C@@H](Oc1cccc([N+](=O)[O-])c1C(=O)O)[C@@H](C)c1ccccc1. The van der Waals surface area contributed by atoms with E-state index in [9.17, 15) is 20.0 Å². The van der Waals surface area contributed by atoms with Crippen molar-refractivity contribution in [2.75, 3.05) is 0 Å². The van der Waals surface area contributed by atoms with Crippen molar-refractivity contribution in [1.82, 2.24) is 0 Å². The summed E-state index contributed by atoms with van der Waals surface area (Å²) in [5.41, 5.74) is 0.140. The van der Waals surface area contributed by atoms with Gasteiger partial charge < -0.3 is 9.84 Å². The second kappa shape index (κ2) is 6.91. The van der Waals surface area contributed by atoms with Gasteiger partial charge >= 0.3 is 5.97 Å². The van der Waals surface area contributed by atoms with Gasteiger partial charge in [0.15, 0.2) is 5.56 Å². The summed E-state index contributed by atoms with van der Waals surface area (Å²) in [7, 11) is 0. The van der Waals surface area contributed by atoms with Crippen molar-refractivity contribution in [2.45, 2.75) is 25.9 Å². The molecule has 2 aromatic rings. The predicted octanol–water partition coefficient (Wildman–Crippen LogP) is 3.86. The highest BCUT2D eigenvalue weighted by molar-refractivity contribution is 5.95. The molecular formula is C17H17NO5. The van der Waals surface area contributed by atoms with Crippen molar-refractivity contribution >= 4 is 11.7 Å². The predicted molar refractivity (Wildman–Crippen MR) is 85.0 cm³/mol. The molecule has 0 aliphatic carbocycles. The number of carboxylic acids is 1. The molecule has 0 aliphatic heterocycles. The van der Waals surface area contributed by atoms with Crippen molar-refractivity contribution in [3.05, 3.63) is 69.8 Å². The second-order valence-corrected chi connectivity index (χ2v) is 5.23. The minimum atomic E-state index is -1.38. The summed E-state index contributed by atoms with van der Waals surface area (Å²) in [6, 6.07) is 13.6. The first kappa shape index (κ1) is 16.5. The van der Waals surface area contributed by atoms with E-state index in [1.807, 2.05) is 44.2 Å². The Morgan fingerprint density at radius 3 is 2.35 bits per heavy atom.